The van der Waals surface area contributed by atoms with E-state index in [1.165, 1.54) is 22.3 Å². The van der Waals surface area contributed by atoms with Crippen LogP contribution in [0.5, 0.6) is 0 Å². The fourth-order valence-corrected chi connectivity index (χ4v) is 5.01. The summed E-state index contributed by atoms with van der Waals surface area (Å²) in [6.07, 6.45) is 0. The topological polar surface area (TPSA) is 0 Å². The van der Waals surface area contributed by atoms with Gasteiger partial charge in [0.1, 0.15) is 0 Å². The van der Waals surface area contributed by atoms with Crippen molar-refractivity contribution in [1.82, 2.24) is 0 Å². The number of hydrogen-bond donors (Lipinski definition) is 0. The van der Waals surface area contributed by atoms with E-state index < -0.39 is 12.3 Å². The molecule has 0 amide bonds. The lowest BCUT2D eigenvalue weighted by atomic mass is 9.67. The lowest BCUT2D eigenvalue weighted by molar-refractivity contribution is 0.766. The third kappa shape index (κ3) is 2.35. The van der Waals surface area contributed by atoms with Crippen molar-refractivity contribution in [3.05, 3.63) is 129 Å². The number of rotatable bonds is 2. The van der Waals surface area contributed by atoms with Gasteiger partial charge in [-0.2, -0.15) is 0 Å². The highest BCUT2D eigenvalue weighted by Gasteiger charge is 2.45. The van der Waals surface area contributed by atoms with Crippen LogP contribution in [0.25, 0.3) is 11.1 Å². The van der Waals surface area contributed by atoms with Crippen LogP contribution in [0.1, 0.15) is 31.9 Å². The zero-order chi connectivity index (χ0) is 20.9. The van der Waals surface area contributed by atoms with Crippen molar-refractivity contribution in [2.75, 3.05) is 0 Å². The largest absolute Gasteiger partial charge is 0.0714 e. The molecule has 0 fully saturated rings. The first-order valence-electron chi connectivity index (χ1n) is 10.5. The van der Waals surface area contributed by atoms with E-state index in [0.717, 1.165) is 15.6 Å². The first-order valence-corrected chi connectivity index (χ1v) is 9.78. The molecule has 0 radical (unpaired) electrons. The van der Waals surface area contributed by atoms with E-state index >= 15 is 0 Å². The molecule has 27 heavy (non-hydrogen) atoms. The van der Waals surface area contributed by atoms with Gasteiger partial charge in [-0.25, -0.2) is 0 Å². The average Bonchev–Trinajstić information content (AvgIpc) is 3.05. The van der Waals surface area contributed by atoms with Crippen molar-refractivity contribution in [1.29, 1.82) is 0 Å². The lowest BCUT2D eigenvalue weighted by Crippen LogP contribution is -2.28. The number of hydrogen-bond acceptors (Lipinski definition) is 0. The Morgan fingerprint density at radius 2 is 1.26 bits per heavy atom. The molecular formula is C26H19Br. The van der Waals surface area contributed by atoms with Gasteiger partial charge in [-0.1, -0.05) is 101 Å². The summed E-state index contributed by atoms with van der Waals surface area (Å²) in [4.78, 5) is 0. The number of halogens is 1. The minimum atomic E-state index is -2.19. The maximum absolute atomic E-state index is 8.01. The summed E-state index contributed by atoms with van der Waals surface area (Å²) in [5.74, 6) is 0. The van der Waals surface area contributed by atoms with Gasteiger partial charge in [0.2, 0.25) is 0 Å². The van der Waals surface area contributed by atoms with Crippen LogP contribution in [0.2, 0.25) is 0 Å². The van der Waals surface area contributed by atoms with Crippen LogP contribution in [0.15, 0.2) is 102 Å². The second-order valence-electron chi connectivity index (χ2n) is 6.94. The molecule has 130 valence electrons. The van der Waals surface area contributed by atoms with E-state index in [1.54, 1.807) is 6.07 Å². The highest BCUT2D eigenvalue weighted by atomic mass is 79.9. The average molecular weight is 414 g/mol. The Morgan fingerprint density at radius 1 is 0.667 bits per heavy atom. The van der Waals surface area contributed by atoms with Crippen molar-refractivity contribution >= 4 is 15.9 Å². The monoisotopic (exact) mass is 413 g/mol. The van der Waals surface area contributed by atoms with Crippen LogP contribution in [0.4, 0.5) is 0 Å². The number of benzene rings is 4. The SMILES string of the molecule is [2H]C([2H])([2H])c1cc(Br)cc(C2(c3ccccc3)c3ccccc3-c3ccccc32)c1. The molecule has 1 aliphatic carbocycles. The smallest absolute Gasteiger partial charge is 0.0622 e. The van der Waals surface area contributed by atoms with Crippen molar-refractivity contribution in [2.24, 2.45) is 0 Å². The fraction of sp³-hybridized carbons (Fsp3) is 0.0769. The van der Waals surface area contributed by atoms with Crippen LogP contribution in [-0.4, -0.2) is 0 Å². The molecule has 0 spiro atoms. The van der Waals surface area contributed by atoms with Crippen molar-refractivity contribution in [2.45, 2.75) is 12.3 Å². The minimum Gasteiger partial charge on any atom is -0.0622 e. The highest BCUT2D eigenvalue weighted by molar-refractivity contribution is 9.10. The Kier molecular flexibility index (Phi) is 3.11. The molecule has 0 saturated carbocycles. The van der Waals surface area contributed by atoms with Crippen LogP contribution in [0.3, 0.4) is 0 Å². The number of fused-ring (bicyclic) bond motifs is 3. The Labute approximate surface area is 172 Å². The van der Waals surface area contributed by atoms with Gasteiger partial charge in [0.05, 0.1) is 5.41 Å². The van der Waals surface area contributed by atoms with Crippen molar-refractivity contribution in [3.8, 4) is 11.1 Å². The maximum Gasteiger partial charge on any atom is 0.0714 e. The first kappa shape index (κ1) is 13.5. The molecule has 0 aromatic heterocycles. The van der Waals surface area contributed by atoms with E-state index in [4.69, 9.17) is 4.11 Å². The molecule has 5 rings (SSSR count). The van der Waals surface area contributed by atoms with E-state index in [9.17, 15) is 0 Å². The normalized spacial score (nSPS) is 16.0. The summed E-state index contributed by atoms with van der Waals surface area (Å²) >= 11 is 3.58. The summed E-state index contributed by atoms with van der Waals surface area (Å²) in [7, 11) is 0. The molecule has 1 heteroatoms. The van der Waals surface area contributed by atoms with E-state index in [0.29, 0.717) is 5.56 Å². The van der Waals surface area contributed by atoms with Gasteiger partial charge < -0.3 is 0 Å². The highest BCUT2D eigenvalue weighted by Crippen LogP contribution is 2.56. The Morgan fingerprint density at radius 3 is 1.89 bits per heavy atom. The second-order valence-corrected chi connectivity index (χ2v) is 7.85. The van der Waals surface area contributed by atoms with Gasteiger partial charge >= 0.3 is 0 Å². The zero-order valence-electron chi connectivity index (χ0n) is 17.6. The zero-order valence-corrected chi connectivity index (χ0v) is 16.2. The van der Waals surface area contributed by atoms with Gasteiger partial charge in [0.25, 0.3) is 0 Å². The molecule has 4 aromatic rings. The molecule has 0 bridgehead atoms. The summed E-state index contributed by atoms with van der Waals surface area (Å²) in [6.45, 7) is -2.19. The van der Waals surface area contributed by atoms with Crippen LogP contribution >= 0.6 is 15.9 Å². The molecule has 0 unspecified atom stereocenters. The van der Waals surface area contributed by atoms with Gasteiger partial charge in [0.15, 0.2) is 0 Å². The Bertz CT molecular complexity index is 1200. The first-order chi connectivity index (χ1) is 14.4. The Hall–Kier alpha value is -2.64. The molecular weight excluding hydrogens is 392 g/mol. The fourth-order valence-electron chi connectivity index (χ4n) is 4.52. The number of aryl methyl sites for hydroxylation is 1. The van der Waals surface area contributed by atoms with Gasteiger partial charge in [0, 0.05) is 8.58 Å². The summed E-state index contributed by atoms with van der Waals surface area (Å²) in [5.41, 5.74) is 6.55. The third-order valence-electron chi connectivity index (χ3n) is 5.49. The van der Waals surface area contributed by atoms with E-state index in [-0.39, 0.29) is 0 Å². The molecule has 4 aromatic carbocycles. The molecule has 0 N–H and O–H groups in total. The second kappa shape index (κ2) is 6.21. The minimum absolute atomic E-state index is 0.337. The summed E-state index contributed by atoms with van der Waals surface area (Å²) in [5, 5.41) is 0. The van der Waals surface area contributed by atoms with E-state index in [1.807, 2.05) is 24.3 Å². The van der Waals surface area contributed by atoms with Crippen molar-refractivity contribution in [3.63, 3.8) is 0 Å². The predicted molar refractivity (Wildman–Crippen MR) is 116 cm³/mol. The van der Waals surface area contributed by atoms with Gasteiger partial charge in [-0.15, -0.1) is 0 Å². The van der Waals surface area contributed by atoms with Crippen LogP contribution in [0, 0.1) is 6.85 Å². The quantitative estimate of drug-likeness (QED) is 0.289. The molecule has 1 aliphatic rings. The molecule has 0 aliphatic heterocycles. The summed E-state index contributed by atoms with van der Waals surface area (Å²) in [6, 6.07) is 32.9. The molecule has 0 atom stereocenters. The molecule has 0 saturated heterocycles. The van der Waals surface area contributed by atoms with Crippen LogP contribution in [-0.2, 0) is 5.41 Å². The predicted octanol–water partition coefficient (Wildman–Crippen LogP) is 7.12. The summed E-state index contributed by atoms with van der Waals surface area (Å²) < 4.78 is 24.8. The Balaban J connectivity index is 1.96. The maximum atomic E-state index is 8.01. The van der Waals surface area contributed by atoms with Gasteiger partial charge in [-0.3, -0.25) is 0 Å². The standard InChI is InChI=1S/C26H19Br/c1-18-15-20(17-21(27)16-18)26(19-9-3-2-4-10-19)24-13-7-5-11-22(24)23-12-6-8-14-25(23)26/h2-17H,1H3/i1D3. The van der Waals surface area contributed by atoms with Crippen molar-refractivity contribution < 1.29 is 4.11 Å². The van der Waals surface area contributed by atoms with Gasteiger partial charge in [-0.05, 0) is 57.9 Å². The molecule has 0 nitrogen and oxygen atoms in total. The lowest BCUT2D eigenvalue weighted by Gasteiger charge is -2.34. The molecule has 0 heterocycles. The van der Waals surface area contributed by atoms with Crippen LogP contribution < -0.4 is 0 Å². The third-order valence-corrected chi connectivity index (χ3v) is 5.95. The van der Waals surface area contributed by atoms with E-state index in [2.05, 4.69) is 82.7 Å².